The Bertz CT molecular complexity index is 602. The Morgan fingerprint density at radius 2 is 2.03 bits per heavy atom. The Hall–Kier alpha value is -1.90. The summed E-state index contributed by atoms with van der Waals surface area (Å²) in [5, 5.41) is 6.76. The lowest BCUT2D eigenvalue weighted by Crippen LogP contribution is -2.44. The molecule has 0 unspecified atom stereocenters. The van der Waals surface area contributed by atoms with Gasteiger partial charge >= 0.3 is 0 Å². The van der Waals surface area contributed by atoms with E-state index in [0.717, 1.165) is 77.2 Å². The second-order valence-electron chi connectivity index (χ2n) is 7.58. The molecule has 1 aliphatic rings. The van der Waals surface area contributed by atoms with Crippen LogP contribution in [-0.2, 0) is 11.3 Å². The van der Waals surface area contributed by atoms with Gasteiger partial charge in [-0.3, -0.25) is 0 Å². The number of rotatable bonds is 11. The van der Waals surface area contributed by atoms with Gasteiger partial charge in [-0.15, -0.1) is 0 Å². The molecule has 8 nitrogen and oxygen atoms in total. The van der Waals surface area contributed by atoms with Crippen molar-refractivity contribution in [3.8, 4) is 0 Å². The van der Waals surface area contributed by atoms with Crippen LogP contribution < -0.4 is 15.5 Å². The minimum absolute atomic E-state index is 0.641. The highest BCUT2D eigenvalue weighted by atomic mass is 16.5. The average molecular weight is 406 g/mol. The Balaban J connectivity index is 1.83. The predicted molar refractivity (Wildman–Crippen MR) is 121 cm³/mol. The molecule has 0 aromatic carbocycles. The Morgan fingerprint density at radius 1 is 1.24 bits per heavy atom. The van der Waals surface area contributed by atoms with E-state index in [-0.39, 0.29) is 0 Å². The summed E-state index contributed by atoms with van der Waals surface area (Å²) in [5.41, 5.74) is 1.18. The fourth-order valence-corrected chi connectivity index (χ4v) is 3.24. The van der Waals surface area contributed by atoms with Crippen molar-refractivity contribution in [2.45, 2.75) is 19.9 Å². The summed E-state index contributed by atoms with van der Waals surface area (Å²) in [4.78, 5) is 16.3. The molecule has 0 saturated carbocycles. The number of pyridine rings is 1. The van der Waals surface area contributed by atoms with Gasteiger partial charge in [-0.2, -0.15) is 0 Å². The van der Waals surface area contributed by atoms with Gasteiger partial charge in [-0.25, -0.2) is 9.98 Å². The first-order chi connectivity index (χ1) is 14.1. The van der Waals surface area contributed by atoms with Crippen LogP contribution in [0.4, 0.5) is 5.82 Å². The zero-order chi connectivity index (χ0) is 20.9. The number of aliphatic imine (C=N–C) groups is 1. The Labute approximate surface area is 176 Å². The summed E-state index contributed by atoms with van der Waals surface area (Å²) in [5.74, 6) is 1.91. The van der Waals surface area contributed by atoms with Crippen LogP contribution in [0.2, 0.25) is 0 Å². The first-order valence-corrected chi connectivity index (χ1v) is 10.7. The lowest BCUT2D eigenvalue weighted by molar-refractivity contribution is 0.180. The number of nitrogens with one attached hydrogen (secondary N) is 2. The maximum atomic E-state index is 5.11. The van der Waals surface area contributed by atoms with Crippen molar-refractivity contribution in [3.63, 3.8) is 0 Å². The Kier molecular flexibility index (Phi) is 10.8. The van der Waals surface area contributed by atoms with Gasteiger partial charge in [-0.05, 0) is 45.1 Å². The van der Waals surface area contributed by atoms with Crippen molar-refractivity contribution in [1.82, 2.24) is 25.4 Å². The van der Waals surface area contributed by atoms with Crippen molar-refractivity contribution in [3.05, 3.63) is 23.9 Å². The van der Waals surface area contributed by atoms with Gasteiger partial charge in [0.25, 0.3) is 0 Å². The molecule has 164 valence electrons. The number of hydrogen-bond acceptors (Lipinski definition) is 6. The number of hydrogen-bond donors (Lipinski definition) is 2. The van der Waals surface area contributed by atoms with Gasteiger partial charge in [0, 0.05) is 72.3 Å². The van der Waals surface area contributed by atoms with Gasteiger partial charge in [0.05, 0.1) is 6.54 Å². The average Bonchev–Trinajstić information content (AvgIpc) is 2.73. The van der Waals surface area contributed by atoms with Crippen LogP contribution >= 0.6 is 0 Å². The largest absolute Gasteiger partial charge is 0.385 e. The summed E-state index contributed by atoms with van der Waals surface area (Å²) in [7, 11) is 6.05. The number of aromatic nitrogens is 1. The third kappa shape index (κ3) is 8.97. The molecule has 1 fully saturated rings. The molecule has 2 rings (SSSR count). The van der Waals surface area contributed by atoms with Crippen LogP contribution in [0, 0.1) is 0 Å². The number of anilines is 1. The monoisotopic (exact) mass is 405 g/mol. The molecule has 1 saturated heterocycles. The molecule has 0 bridgehead atoms. The fraction of sp³-hybridized carbons (Fsp3) is 0.714. The molecule has 0 spiro atoms. The van der Waals surface area contributed by atoms with Crippen LogP contribution in [0.15, 0.2) is 23.3 Å². The van der Waals surface area contributed by atoms with E-state index in [2.05, 4.69) is 63.5 Å². The molecular formula is C21H39N7O. The summed E-state index contributed by atoms with van der Waals surface area (Å²) >= 11 is 0. The van der Waals surface area contributed by atoms with E-state index < -0.39 is 0 Å². The molecule has 2 heterocycles. The van der Waals surface area contributed by atoms with Gasteiger partial charge in [0.15, 0.2) is 5.96 Å². The van der Waals surface area contributed by atoms with Crippen LogP contribution in [0.1, 0.15) is 18.9 Å². The molecule has 0 aliphatic carbocycles. The molecule has 0 amide bonds. The van der Waals surface area contributed by atoms with Gasteiger partial charge in [-0.1, -0.05) is 0 Å². The predicted octanol–water partition coefficient (Wildman–Crippen LogP) is 0.857. The van der Waals surface area contributed by atoms with E-state index in [1.54, 1.807) is 7.11 Å². The summed E-state index contributed by atoms with van der Waals surface area (Å²) < 4.78 is 5.11. The number of guanidine groups is 1. The normalized spacial score (nSPS) is 15.8. The van der Waals surface area contributed by atoms with Gasteiger partial charge in [0.2, 0.25) is 0 Å². The zero-order valence-electron chi connectivity index (χ0n) is 18.7. The molecule has 8 heteroatoms. The fourth-order valence-electron chi connectivity index (χ4n) is 3.24. The number of ether oxygens (including phenoxy) is 1. The number of likely N-dealkylation sites (N-methyl/N-ethyl adjacent to an activating group) is 2. The van der Waals surface area contributed by atoms with Gasteiger partial charge in [0.1, 0.15) is 5.82 Å². The van der Waals surface area contributed by atoms with Gasteiger partial charge < -0.3 is 30.1 Å². The Morgan fingerprint density at radius 3 is 2.76 bits per heavy atom. The van der Waals surface area contributed by atoms with E-state index in [4.69, 9.17) is 9.73 Å². The second-order valence-corrected chi connectivity index (χ2v) is 7.58. The van der Waals surface area contributed by atoms with E-state index in [9.17, 15) is 0 Å². The first kappa shape index (κ1) is 23.4. The standard InChI is InChI=1S/C21H39N7O/c1-5-22-21(24-9-11-26(2)10-6-16-29-4)25-18-19-7-8-23-20(17-19)28-14-12-27(3)13-15-28/h7-8,17H,5-6,9-16,18H2,1-4H3,(H2,22,24,25). The first-order valence-electron chi connectivity index (χ1n) is 10.7. The highest BCUT2D eigenvalue weighted by Crippen LogP contribution is 2.15. The molecule has 1 aromatic rings. The van der Waals surface area contributed by atoms with Crippen LogP contribution in [-0.4, -0.2) is 101 Å². The topological polar surface area (TPSA) is 68.3 Å². The second kappa shape index (κ2) is 13.3. The number of methoxy groups -OCH3 is 1. The van der Waals surface area contributed by atoms with Crippen LogP contribution in [0.5, 0.6) is 0 Å². The molecule has 2 N–H and O–H groups in total. The SMILES string of the molecule is CCNC(=NCc1ccnc(N2CCN(C)CC2)c1)NCCN(C)CCCOC. The number of nitrogens with zero attached hydrogens (tertiary/aromatic N) is 5. The highest BCUT2D eigenvalue weighted by Gasteiger charge is 2.15. The lowest BCUT2D eigenvalue weighted by atomic mass is 10.2. The molecule has 1 aromatic heterocycles. The lowest BCUT2D eigenvalue weighted by Gasteiger charge is -2.33. The summed E-state index contributed by atoms with van der Waals surface area (Å²) in [6, 6.07) is 4.22. The van der Waals surface area contributed by atoms with Crippen molar-refractivity contribution >= 4 is 11.8 Å². The van der Waals surface area contributed by atoms with E-state index in [0.29, 0.717) is 6.54 Å². The molecule has 0 radical (unpaired) electrons. The van der Waals surface area contributed by atoms with E-state index >= 15 is 0 Å². The maximum Gasteiger partial charge on any atom is 0.191 e. The van der Waals surface area contributed by atoms with Crippen molar-refractivity contribution in [1.29, 1.82) is 0 Å². The maximum absolute atomic E-state index is 5.11. The quantitative estimate of drug-likeness (QED) is 0.321. The molecule has 1 aliphatic heterocycles. The minimum atomic E-state index is 0.641. The van der Waals surface area contributed by atoms with E-state index in [1.807, 2.05) is 6.20 Å². The smallest absolute Gasteiger partial charge is 0.191 e. The molecule has 29 heavy (non-hydrogen) atoms. The molecular weight excluding hydrogens is 366 g/mol. The van der Waals surface area contributed by atoms with Crippen LogP contribution in [0.25, 0.3) is 0 Å². The summed E-state index contributed by atoms with van der Waals surface area (Å²) in [6.45, 7) is 11.5. The van der Waals surface area contributed by atoms with E-state index in [1.165, 1.54) is 5.56 Å². The molecule has 0 atom stereocenters. The third-order valence-electron chi connectivity index (χ3n) is 5.08. The van der Waals surface area contributed by atoms with Crippen LogP contribution in [0.3, 0.4) is 0 Å². The minimum Gasteiger partial charge on any atom is -0.385 e. The summed E-state index contributed by atoms with van der Waals surface area (Å²) in [6.07, 6.45) is 2.95. The van der Waals surface area contributed by atoms with Crippen molar-refractivity contribution < 1.29 is 4.74 Å². The van der Waals surface area contributed by atoms with Crippen molar-refractivity contribution in [2.24, 2.45) is 4.99 Å². The zero-order valence-corrected chi connectivity index (χ0v) is 18.7. The van der Waals surface area contributed by atoms with Crippen molar-refractivity contribution in [2.75, 3.05) is 85.1 Å². The number of piperazine rings is 1. The third-order valence-corrected chi connectivity index (χ3v) is 5.08. The highest BCUT2D eigenvalue weighted by molar-refractivity contribution is 5.79.